The van der Waals surface area contributed by atoms with Gasteiger partial charge in [0.25, 0.3) is 5.88 Å². The van der Waals surface area contributed by atoms with Crippen LogP contribution in [0.5, 0.6) is 11.6 Å². The number of benzene rings is 2. The number of rotatable bonds is 8. The molecule has 3 rings (SSSR count). The van der Waals surface area contributed by atoms with E-state index in [1.165, 1.54) is 6.20 Å². The third-order valence-electron chi connectivity index (χ3n) is 4.92. The van der Waals surface area contributed by atoms with Gasteiger partial charge in [-0.2, -0.15) is 5.26 Å². The Morgan fingerprint density at radius 2 is 1.86 bits per heavy atom. The molecule has 1 aromatic heterocycles. The van der Waals surface area contributed by atoms with E-state index in [0.717, 1.165) is 17.2 Å². The summed E-state index contributed by atoms with van der Waals surface area (Å²) in [6, 6.07) is 16.6. The number of carbonyl (C=O) groups is 2. The average Bonchev–Trinajstić information content (AvgIpc) is 2.80. The van der Waals surface area contributed by atoms with E-state index in [2.05, 4.69) is 10.3 Å². The van der Waals surface area contributed by atoms with Crippen LogP contribution in [0, 0.1) is 17.1 Å². The second kappa shape index (κ2) is 11.3. The zero-order chi connectivity index (χ0) is 26.3. The first-order valence-corrected chi connectivity index (χ1v) is 11.2. The maximum atomic E-state index is 14.5. The lowest BCUT2D eigenvalue weighted by atomic mass is 9.97. The molecule has 1 heterocycles. The third-order valence-corrected chi connectivity index (χ3v) is 4.92. The Balaban J connectivity index is 1.98. The number of aromatic nitrogens is 1. The first-order chi connectivity index (χ1) is 17.0. The largest absolute Gasteiger partial charge is 0.481 e. The molecule has 0 aliphatic carbocycles. The molecule has 2 N–H and O–H groups in total. The van der Waals surface area contributed by atoms with Crippen molar-refractivity contribution in [3.05, 3.63) is 77.7 Å². The number of alkyl carbamates (subject to hydrolysis) is 1. The molecule has 8 nitrogen and oxygen atoms in total. The fraction of sp³-hybridized carbons (Fsp3) is 0.259. The highest BCUT2D eigenvalue weighted by Gasteiger charge is 2.23. The van der Waals surface area contributed by atoms with Crippen LogP contribution in [0.4, 0.5) is 9.18 Å². The number of nitrogens with one attached hydrogen (secondary N) is 1. The zero-order valence-corrected chi connectivity index (χ0v) is 20.1. The lowest BCUT2D eigenvalue weighted by Gasteiger charge is -2.23. The summed E-state index contributed by atoms with van der Waals surface area (Å²) in [5.41, 5.74) is 1.52. The van der Waals surface area contributed by atoms with Crippen molar-refractivity contribution in [1.29, 1.82) is 5.26 Å². The summed E-state index contributed by atoms with van der Waals surface area (Å²) in [6.45, 7) is 5.10. The van der Waals surface area contributed by atoms with Crippen molar-refractivity contribution in [3.63, 3.8) is 0 Å². The van der Waals surface area contributed by atoms with Crippen LogP contribution in [0.15, 0.2) is 60.8 Å². The summed E-state index contributed by atoms with van der Waals surface area (Å²) in [4.78, 5) is 27.8. The lowest BCUT2D eigenvalue weighted by Crippen LogP contribution is -2.41. The van der Waals surface area contributed by atoms with Crippen LogP contribution in [-0.4, -0.2) is 33.8 Å². The highest BCUT2D eigenvalue weighted by Crippen LogP contribution is 2.32. The van der Waals surface area contributed by atoms with Crippen LogP contribution < -0.4 is 10.1 Å². The highest BCUT2D eigenvalue weighted by molar-refractivity contribution is 5.72. The summed E-state index contributed by atoms with van der Waals surface area (Å²) in [5.74, 6) is -2.04. The van der Waals surface area contributed by atoms with Gasteiger partial charge >= 0.3 is 12.1 Å². The first-order valence-electron chi connectivity index (χ1n) is 11.2. The Morgan fingerprint density at radius 3 is 2.47 bits per heavy atom. The van der Waals surface area contributed by atoms with Gasteiger partial charge in [0.15, 0.2) is 5.82 Å². The van der Waals surface area contributed by atoms with E-state index >= 15 is 0 Å². The minimum atomic E-state index is -1.11. The smallest absolute Gasteiger partial charge is 0.407 e. The number of halogens is 1. The van der Waals surface area contributed by atoms with E-state index in [4.69, 9.17) is 14.7 Å². The van der Waals surface area contributed by atoms with Crippen molar-refractivity contribution in [1.82, 2.24) is 10.3 Å². The van der Waals surface area contributed by atoms with Gasteiger partial charge in [0, 0.05) is 12.2 Å². The van der Waals surface area contributed by atoms with Crippen molar-refractivity contribution < 1.29 is 28.6 Å². The van der Waals surface area contributed by atoms with Gasteiger partial charge in [-0.3, -0.25) is 4.79 Å². The number of carboxylic acids is 1. The highest BCUT2D eigenvalue weighted by atomic mass is 19.1. The Bertz CT molecular complexity index is 1280. The quantitative estimate of drug-likeness (QED) is 0.429. The summed E-state index contributed by atoms with van der Waals surface area (Å²) >= 11 is 0. The second-order valence-electron chi connectivity index (χ2n) is 9.06. The van der Waals surface area contributed by atoms with E-state index in [0.29, 0.717) is 5.56 Å². The summed E-state index contributed by atoms with van der Waals surface area (Å²) < 4.78 is 25.5. The van der Waals surface area contributed by atoms with E-state index in [9.17, 15) is 19.1 Å². The molecule has 9 heteroatoms. The molecule has 3 aromatic rings. The molecule has 1 atom stereocenters. The van der Waals surface area contributed by atoms with Crippen molar-refractivity contribution in [2.75, 3.05) is 0 Å². The average molecular weight is 492 g/mol. The summed E-state index contributed by atoms with van der Waals surface area (Å²) in [6.07, 6.45) is 0.112. The van der Waals surface area contributed by atoms with Crippen LogP contribution in [0.3, 0.4) is 0 Å². The molecule has 186 valence electrons. The molecule has 0 bridgehead atoms. The van der Waals surface area contributed by atoms with Gasteiger partial charge in [0.2, 0.25) is 0 Å². The Labute approximate surface area is 208 Å². The number of aliphatic carboxylic acids is 1. The van der Waals surface area contributed by atoms with Crippen molar-refractivity contribution in [3.8, 4) is 28.8 Å². The number of nitriles is 1. The molecule has 0 fully saturated rings. The number of carboxylic acid groups (broad SMARTS) is 1. The number of hydrogen-bond donors (Lipinski definition) is 2. The molecular formula is C27H26FN3O5. The molecule has 0 saturated heterocycles. The van der Waals surface area contributed by atoms with Gasteiger partial charge in [0.1, 0.15) is 17.4 Å². The van der Waals surface area contributed by atoms with Gasteiger partial charge in [-0.15, -0.1) is 0 Å². The van der Waals surface area contributed by atoms with Crippen LogP contribution in [-0.2, 0) is 16.0 Å². The maximum Gasteiger partial charge on any atom is 0.407 e. The van der Waals surface area contributed by atoms with Crippen molar-refractivity contribution in [2.45, 2.75) is 45.3 Å². The zero-order valence-electron chi connectivity index (χ0n) is 20.1. The van der Waals surface area contributed by atoms with Crippen LogP contribution in [0.1, 0.15) is 38.3 Å². The minimum absolute atomic E-state index is 0.0441. The monoisotopic (exact) mass is 491 g/mol. The predicted octanol–water partition coefficient (Wildman–Crippen LogP) is 5.46. The van der Waals surface area contributed by atoms with Crippen LogP contribution >= 0.6 is 0 Å². The van der Waals surface area contributed by atoms with Gasteiger partial charge in [-0.05, 0) is 62.1 Å². The fourth-order valence-electron chi connectivity index (χ4n) is 3.44. The van der Waals surface area contributed by atoms with Gasteiger partial charge in [-0.1, -0.05) is 36.4 Å². The van der Waals surface area contributed by atoms with Crippen molar-refractivity contribution in [2.24, 2.45) is 0 Å². The molecular weight excluding hydrogens is 465 g/mol. The first kappa shape index (κ1) is 26.2. The van der Waals surface area contributed by atoms with Gasteiger partial charge in [0.05, 0.1) is 12.0 Å². The van der Waals surface area contributed by atoms with E-state index in [-0.39, 0.29) is 30.0 Å². The summed E-state index contributed by atoms with van der Waals surface area (Å²) in [7, 11) is 0. The van der Waals surface area contributed by atoms with E-state index in [1.54, 1.807) is 39.0 Å². The SMILES string of the molecule is CC(C)(C)OC(=O)NC(CC(=O)O)Cc1cc(-c2ccccc2)ccc1Oc1ncc(C#N)cc1F. The molecule has 36 heavy (non-hydrogen) atoms. The minimum Gasteiger partial charge on any atom is -0.481 e. The molecule has 2 aromatic carbocycles. The Kier molecular flexibility index (Phi) is 8.22. The third kappa shape index (κ3) is 7.53. The van der Waals surface area contributed by atoms with Gasteiger partial charge < -0.3 is 19.9 Å². The molecule has 1 unspecified atom stereocenters. The number of hydrogen-bond acceptors (Lipinski definition) is 6. The molecule has 0 aliphatic rings. The Morgan fingerprint density at radius 1 is 1.14 bits per heavy atom. The second-order valence-corrected chi connectivity index (χ2v) is 9.06. The molecule has 1 amide bonds. The normalized spacial score (nSPS) is 11.8. The number of amides is 1. The number of pyridine rings is 1. The predicted molar refractivity (Wildman–Crippen MR) is 130 cm³/mol. The van der Waals surface area contributed by atoms with E-state index < -0.39 is 29.5 Å². The van der Waals surface area contributed by atoms with Crippen LogP contribution in [0.2, 0.25) is 0 Å². The Hall–Kier alpha value is -4.45. The van der Waals surface area contributed by atoms with Crippen LogP contribution in [0.25, 0.3) is 11.1 Å². The molecule has 0 aliphatic heterocycles. The maximum absolute atomic E-state index is 14.5. The molecule has 0 saturated carbocycles. The number of nitrogens with zero attached hydrogens (tertiary/aromatic N) is 2. The van der Waals surface area contributed by atoms with E-state index in [1.807, 2.05) is 36.4 Å². The standard InChI is InChI=1S/C27H26FN3O5/c1-27(2,3)36-26(34)31-21(14-24(32)33)13-20-12-19(18-7-5-4-6-8-18)9-10-23(20)35-25-22(28)11-17(15-29)16-30-25/h4-12,16,21H,13-14H2,1-3H3,(H,31,34)(H,32,33). The summed E-state index contributed by atoms with van der Waals surface area (Å²) in [5, 5.41) is 21.0. The topological polar surface area (TPSA) is 122 Å². The lowest BCUT2D eigenvalue weighted by molar-refractivity contribution is -0.137. The fourth-order valence-corrected chi connectivity index (χ4v) is 3.44. The number of carbonyl (C=O) groups excluding carboxylic acids is 1. The van der Waals surface area contributed by atoms with Gasteiger partial charge in [-0.25, -0.2) is 14.2 Å². The number of ether oxygens (including phenoxy) is 2. The van der Waals surface area contributed by atoms with Crippen molar-refractivity contribution >= 4 is 12.1 Å². The molecule has 0 spiro atoms. The molecule has 0 radical (unpaired) electrons.